The molecule has 3 nitrogen and oxygen atoms in total. The van der Waals surface area contributed by atoms with Crippen LogP contribution >= 0.6 is 0 Å². The van der Waals surface area contributed by atoms with E-state index in [1.807, 2.05) is 0 Å². The van der Waals surface area contributed by atoms with E-state index >= 15 is 0 Å². The average molecular weight is 312 g/mol. The van der Waals surface area contributed by atoms with Crippen molar-refractivity contribution in [1.82, 2.24) is 4.90 Å². The van der Waals surface area contributed by atoms with Gasteiger partial charge in [-0.25, -0.2) is 0 Å². The molecule has 0 spiro atoms. The van der Waals surface area contributed by atoms with Crippen LogP contribution in [0, 0.1) is 11.8 Å². The van der Waals surface area contributed by atoms with E-state index in [4.69, 9.17) is 0 Å². The van der Waals surface area contributed by atoms with Crippen molar-refractivity contribution in [3.63, 3.8) is 0 Å². The first-order valence-corrected chi connectivity index (χ1v) is 9.41. The van der Waals surface area contributed by atoms with E-state index in [9.17, 15) is 4.79 Å². The number of benzene rings is 1. The van der Waals surface area contributed by atoms with Crippen LogP contribution in [-0.2, 0) is 4.79 Å². The molecule has 1 saturated heterocycles. The number of rotatable bonds is 2. The molecule has 1 heterocycles. The molecular formula is C20H28N2O. The topological polar surface area (TPSA) is 23.6 Å². The molecule has 2 saturated carbocycles. The molecule has 3 heteroatoms. The molecule has 3 unspecified atom stereocenters. The summed E-state index contributed by atoms with van der Waals surface area (Å²) in [7, 11) is 0. The maximum Gasteiger partial charge on any atom is 0.140 e. The van der Waals surface area contributed by atoms with Crippen LogP contribution < -0.4 is 4.90 Å². The Morgan fingerprint density at radius 3 is 2.35 bits per heavy atom. The van der Waals surface area contributed by atoms with Gasteiger partial charge in [-0.2, -0.15) is 0 Å². The van der Waals surface area contributed by atoms with Gasteiger partial charge >= 0.3 is 0 Å². The quantitative estimate of drug-likeness (QED) is 0.837. The second-order valence-corrected chi connectivity index (χ2v) is 7.49. The summed E-state index contributed by atoms with van der Waals surface area (Å²) in [4.78, 5) is 17.8. The van der Waals surface area contributed by atoms with Crippen molar-refractivity contribution in [1.29, 1.82) is 0 Å². The first kappa shape index (κ1) is 15.2. The Kier molecular flexibility index (Phi) is 4.39. The van der Waals surface area contributed by atoms with Gasteiger partial charge in [-0.05, 0) is 37.8 Å². The Hall–Kier alpha value is -1.35. The highest BCUT2D eigenvalue weighted by molar-refractivity contribution is 5.85. The zero-order chi connectivity index (χ0) is 15.6. The van der Waals surface area contributed by atoms with Gasteiger partial charge in [-0.15, -0.1) is 0 Å². The van der Waals surface area contributed by atoms with Gasteiger partial charge in [0.1, 0.15) is 5.78 Å². The van der Waals surface area contributed by atoms with Gasteiger partial charge in [-0.3, -0.25) is 9.69 Å². The first-order chi connectivity index (χ1) is 11.3. The molecule has 3 fully saturated rings. The van der Waals surface area contributed by atoms with E-state index in [1.165, 1.54) is 24.9 Å². The number of ketones is 1. The monoisotopic (exact) mass is 312 g/mol. The number of hydrogen-bond donors (Lipinski definition) is 0. The lowest BCUT2D eigenvalue weighted by Gasteiger charge is -2.45. The van der Waals surface area contributed by atoms with Crippen molar-refractivity contribution in [2.75, 3.05) is 31.1 Å². The van der Waals surface area contributed by atoms with Crippen molar-refractivity contribution < 1.29 is 4.79 Å². The second-order valence-electron chi connectivity index (χ2n) is 7.49. The maximum absolute atomic E-state index is 12.7. The first-order valence-electron chi connectivity index (χ1n) is 9.41. The van der Waals surface area contributed by atoms with Crippen molar-refractivity contribution in [2.45, 2.75) is 44.6 Å². The number of para-hydroxylation sites is 1. The molecule has 2 bridgehead atoms. The van der Waals surface area contributed by atoms with Crippen LogP contribution in [0.5, 0.6) is 0 Å². The fourth-order valence-electron chi connectivity index (χ4n) is 4.97. The fourth-order valence-corrected chi connectivity index (χ4v) is 4.97. The average Bonchev–Trinajstić information content (AvgIpc) is 2.72. The van der Waals surface area contributed by atoms with Gasteiger partial charge in [0, 0.05) is 49.7 Å². The standard InChI is InChI=1S/C20H28N2O/c23-20-16-6-4-5-9-18(20)19(11-10-16)22-14-12-21(13-15-22)17-7-2-1-3-8-17/h1-3,7-8,16,18-19H,4-6,9-15H2. The minimum absolute atomic E-state index is 0.333. The predicted octanol–water partition coefficient (Wildman–Crippen LogP) is 3.35. The Labute approximate surface area is 139 Å². The van der Waals surface area contributed by atoms with Crippen LogP contribution in [0.4, 0.5) is 5.69 Å². The third-order valence-corrected chi connectivity index (χ3v) is 6.27. The summed E-state index contributed by atoms with van der Waals surface area (Å²) in [6, 6.07) is 11.2. The van der Waals surface area contributed by atoms with Crippen LogP contribution in [0.25, 0.3) is 0 Å². The van der Waals surface area contributed by atoms with Gasteiger partial charge in [0.2, 0.25) is 0 Å². The lowest BCUT2D eigenvalue weighted by molar-refractivity contribution is -0.132. The third-order valence-electron chi connectivity index (χ3n) is 6.27. The summed E-state index contributed by atoms with van der Waals surface area (Å²) in [5.41, 5.74) is 1.33. The van der Waals surface area contributed by atoms with Crippen LogP contribution in [0.15, 0.2) is 30.3 Å². The minimum Gasteiger partial charge on any atom is -0.369 e. The van der Waals surface area contributed by atoms with Crippen LogP contribution in [0.3, 0.4) is 0 Å². The minimum atomic E-state index is 0.333. The van der Waals surface area contributed by atoms with Gasteiger partial charge < -0.3 is 4.90 Å². The van der Waals surface area contributed by atoms with E-state index in [0.29, 0.717) is 23.7 Å². The molecule has 23 heavy (non-hydrogen) atoms. The van der Waals surface area contributed by atoms with Crippen molar-refractivity contribution in [3.8, 4) is 0 Å². The van der Waals surface area contributed by atoms with Crippen LogP contribution in [-0.4, -0.2) is 42.9 Å². The summed E-state index contributed by atoms with van der Waals surface area (Å²) in [6.45, 7) is 4.39. The summed E-state index contributed by atoms with van der Waals surface area (Å²) in [6.07, 6.45) is 7.20. The highest BCUT2D eigenvalue weighted by Gasteiger charge is 2.41. The Morgan fingerprint density at radius 2 is 1.57 bits per heavy atom. The van der Waals surface area contributed by atoms with Crippen molar-refractivity contribution in [2.24, 2.45) is 11.8 Å². The van der Waals surface area contributed by atoms with Crippen LogP contribution in [0.2, 0.25) is 0 Å². The molecule has 0 amide bonds. The third kappa shape index (κ3) is 3.03. The smallest absolute Gasteiger partial charge is 0.140 e. The number of carbonyl (C=O) groups excluding carboxylic acids is 1. The van der Waals surface area contributed by atoms with E-state index in [1.54, 1.807) is 0 Å². The summed E-state index contributed by atoms with van der Waals surface area (Å²) in [5, 5.41) is 0. The Balaban J connectivity index is 1.41. The molecule has 124 valence electrons. The second kappa shape index (κ2) is 6.64. The van der Waals surface area contributed by atoms with Crippen LogP contribution in [0.1, 0.15) is 38.5 Å². The number of piperazine rings is 1. The predicted molar refractivity (Wildman–Crippen MR) is 93.7 cm³/mol. The number of hydrogen-bond acceptors (Lipinski definition) is 3. The number of Topliss-reactive ketones (excluding diaryl/α,β-unsaturated/α-hetero) is 1. The molecule has 3 aliphatic rings. The summed E-state index contributed by atoms with van der Waals surface area (Å²) in [5.74, 6) is 1.33. The molecular weight excluding hydrogens is 284 g/mol. The van der Waals surface area contributed by atoms with Gasteiger partial charge in [0.05, 0.1) is 0 Å². The Morgan fingerprint density at radius 1 is 0.826 bits per heavy atom. The zero-order valence-corrected chi connectivity index (χ0v) is 14.0. The number of nitrogens with zero attached hydrogens (tertiary/aromatic N) is 2. The van der Waals surface area contributed by atoms with E-state index < -0.39 is 0 Å². The molecule has 4 rings (SSSR count). The van der Waals surface area contributed by atoms with E-state index in [0.717, 1.165) is 45.4 Å². The van der Waals surface area contributed by atoms with E-state index in [-0.39, 0.29) is 0 Å². The summed E-state index contributed by atoms with van der Waals surface area (Å²) >= 11 is 0. The molecule has 2 aliphatic carbocycles. The maximum atomic E-state index is 12.7. The molecule has 1 aromatic rings. The number of carbonyl (C=O) groups is 1. The SMILES string of the molecule is O=C1C2CCCCC1C(N1CCN(c3ccccc3)CC1)CC2. The molecule has 0 aromatic heterocycles. The van der Waals surface area contributed by atoms with E-state index in [2.05, 4.69) is 40.1 Å². The normalized spacial score (nSPS) is 32.6. The lowest BCUT2D eigenvalue weighted by Crippen LogP contribution is -2.55. The van der Waals surface area contributed by atoms with Crippen molar-refractivity contribution in [3.05, 3.63) is 30.3 Å². The molecule has 1 aromatic carbocycles. The van der Waals surface area contributed by atoms with Crippen molar-refractivity contribution >= 4 is 11.5 Å². The van der Waals surface area contributed by atoms with Gasteiger partial charge in [0.25, 0.3) is 0 Å². The summed E-state index contributed by atoms with van der Waals surface area (Å²) < 4.78 is 0. The Bertz CT molecular complexity index is 536. The van der Waals surface area contributed by atoms with Gasteiger partial charge in [-0.1, -0.05) is 31.0 Å². The fraction of sp³-hybridized carbons (Fsp3) is 0.650. The molecule has 3 atom stereocenters. The number of fused-ring (bicyclic) bond motifs is 2. The van der Waals surface area contributed by atoms with Gasteiger partial charge in [0.15, 0.2) is 0 Å². The lowest BCUT2D eigenvalue weighted by atomic mass is 9.75. The zero-order valence-electron chi connectivity index (χ0n) is 14.0. The highest BCUT2D eigenvalue weighted by atomic mass is 16.1. The molecule has 0 radical (unpaired) electrons. The number of anilines is 1. The molecule has 0 N–H and O–H groups in total. The molecule has 1 aliphatic heterocycles. The largest absolute Gasteiger partial charge is 0.369 e. The highest BCUT2D eigenvalue weighted by Crippen LogP contribution is 2.38.